The molecule has 3 aromatic heterocycles. The molecule has 0 bridgehead atoms. The number of carbonyl (C=O) groups excluding carboxylic acids is 2. The minimum atomic E-state index is -0.334. The fourth-order valence-corrected chi connectivity index (χ4v) is 5.36. The molecule has 2 amide bonds. The molecule has 5 rings (SSSR count). The Morgan fingerprint density at radius 2 is 1.73 bits per heavy atom. The van der Waals surface area contributed by atoms with Gasteiger partial charge in [0.15, 0.2) is 0 Å². The molecule has 0 atom stereocenters. The van der Waals surface area contributed by atoms with Crippen LogP contribution in [-0.4, -0.2) is 58.1 Å². The van der Waals surface area contributed by atoms with Crippen LogP contribution < -0.4 is 16.0 Å². The van der Waals surface area contributed by atoms with Crippen molar-refractivity contribution in [2.75, 3.05) is 30.9 Å². The van der Waals surface area contributed by atoms with E-state index >= 15 is 0 Å². The Balaban J connectivity index is 1.27. The third kappa shape index (κ3) is 8.70. The zero-order chi connectivity index (χ0) is 31.8. The highest BCUT2D eigenvalue weighted by atomic mass is 19.1. The Morgan fingerprint density at radius 3 is 2.44 bits per heavy atom. The van der Waals surface area contributed by atoms with Gasteiger partial charge in [-0.25, -0.2) is 19.2 Å². The van der Waals surface area contributed by atoms with Crippen molar-refractivity contribution in [1.82, 2.24) is 25.1 Å². The van der Waals surface area contributed by atoms with Crippen LogP contribution in [0.3, 0.4) is 0 Å². The molecule has 45 heavy (non-hydrogen) atoms. The number of hydrogen-bond acceptors (Lipinski definition) is 8. The van der Waals surface area contributed by atoms with E-state index in [9.17, 15) is 14.0 Å². The molecule has 1 aliphatic carbocycles. The average Bonchev–Trinajstić information content (AvgIpc) is 3.39. The number of nitrogens with one attached hydrogen (secondary N) is 3. The molecule has 3 heterocycles. The Kier molecular flexibility index (Phi) is 10.5. The van der Waals surface area contributed by atoms with Crippen LogP contribution in [0.4, 0.5) is 26.5 Å². The molecule has 1 fully saturated rings. The standard InChI is InChI=1S/C33H38FN7O4/c1-21-16-22(2)41(40-21)33(43)36-14-15-45-20-28-17-25(19-31(38-28)37-27-8-6-26(34)7-9-27)24-12-13-35-30(18-24)39-32(42)23-4-10-29(44-3)11-5-23/h6-9,12-13,16-19,23,29H,4-5,10-11,14-15,20H2,1-3H3,(H,36,43)(H,37,38)(H,35,39,42)/t23-,29+. The quantitative estimate of drug-likeness (QED) is 0.182. The highest BCUT2D eigenvalue weighted by molar-refractivity contribution is 5.92. The molecule has 1 saturated carbocycles. The molecule has 1 aromatic carbocycles. The summed E-state index contributed by atoms with van der Waals surface area (Å²) < 4.78 is 26.1. The molecule has 0 aliphatic heterocycles. The van der Waals surface area contributed by atoms with Crippen LogP contribution >= 0.6 is 0 Å². The summed E-state index contributed by atoms with van der Waals surface area (Å²) in [5.74, 6) is 0.553. The van der Waals surface area contributed by atoms with E-state index in [1.807, 2.05) is 44.2 Å². The number of amides is 2. The number of methoxy groups -OCH3 is 1. The fourth-order valence-electron chi connectivity index (χ4n) is 5.36. The summed E-state index contributed by atoms with van der Waals surface area (Å²) in [5.41, 5.74) is 4.48. The number of ether oxygens (including phenoxy) is 2. The lowest BCUT2D eigenvalue weighted by atomic mass is 9.87. The molecule has 1 aliphatic rings. The molecular formula is C33H38FN7O4. The number of nitrogens with zero attached hydrogens (tertiary/aromatic N) is 4. The second-order valence-electron chi connectivity index (χ2n) is 11.1. The summed E-state index contributed by atoms with van der Waals surface area (Å²) in [5, 5.41) is 13.2. The largest absolute Gasteiger partial charge is 0.381 e. The third-order valence-electron chi connectivity index (χ3n) is 7.69. The minimum Gasteiger partial charge on any atom is -0.381 e. The number of aryl methyl sites for hydroxylation is 2. The van der Waals surface area contributed by atoms with Crippen molar-refractivity contribution >= 4 is 29.3 Å². The number of aromatic nitrogens is 4. The Bertz CT molecular complexity index is 1620. The summed E-state index contributed by atoms with van der Waals surface area (Å²) >= 11 is 0. The molecule has 11 nitrogen and oxygen atoms in total. The van der Waals surface area contributed by atoms with E-state index in [1.54, 1.807) is 25.4 Å². The SMILES string of the molecule is CO[C@H]1CC[C@@H](C(=O)Nc2cc(-c3cc(COCCNC(=O)n4nc(C)cc4C)nc(Nc4ccc(F)cc4)c3)ccn2)CC1. The molecule has 0 unspecified atom stereocenters. The van der Waals surface area contributed by atoms with Crippen LogP contribution in [-0.2, 0) is 20.9 Å². The lowest BCUT2D eigenvalue weighted by molar-refractivity contribution is -0.121. The predicted octanol–water partition coefficient (Wildman–Crippen LogP) is 5.76. The van der Waals surface area contributed by atoms with Crippen molar-refractivity contribution in [2.24, 2.45) is 5.92 Å². The van der Waals surface area contributed by atoms with Gasteiger partial charge in [0, 0.05) is 37.2 Å². The summed E-state index contributed by atoms with van der Waals surface area (Å²) in [6.07, 6.45) is 5.16. The van der Waals surface area contributed by atoms with E-state index in [1.165, 1.54) is 16.8 Å². The van der Waals surface area contributed by atoms with Gasteiger partial charge in [-0.2, -0.15) is 9.78 Å². The summed E-state index contributed by atoms with van der Waals surface area (Å²) in [6, 6.07) is 15.0. The maximum absolute atomic E-state index is 13.5. The smallest absolute Gasteiger partial charge is 0.342 e. The fraction of sp³-hybridized carbons (Fsp3) is 0.364. The van der Waals surface area contributed by atoms with Crippen molar-refractivity contribution in [2.45, 2.75) is 52.2 Å². The Labute approximate surface area is 261 Å². The topological polar surface area (TPSA) is 132 Å². The predicted molar refractivity (Wildman–Crippen MR) is 169 cm³/mol. The maximum Gasteiger partial charge on any atom is 0.342 e. The van der Waals surface area contributed by atoms with E-state index < -0.39 is 0 Å². The first-order chi connectivity index (χ1) is 21.8. The van der Waals surface area contributed by atoms with Crippen molar-refractivity contribution < 1.29 is 23.5 Å². The number of anilines is 3. The number of halogens is 1. The van der Waals surface area contributed by atoms with Crippen LogP contribution in [0.2, 0.25) is 0 Å². The minimum absolute atomic E-state index is 0.0402. The Hall–Kier alpha value is -4.68. The number of hydrogen-bond donors (Lipinski definition) is 3. The second-order valence-corrected chi connectivity index (χ2v) is 11.1. The van der Waals surface area contributed by atoms with Crippen LogP contribution in [0.25, 0.3) is 11.1 Å². The zero-order valence-corrected chi connectivity index (χ0v) is 25.7. The normalized spacial score (nSPS) is 16.3. The Morgan fingerprint density at radius 1 is 0.978 bits per heavy atom. The van der Waals surface area contributed by atoms with E-state index in [0.29, 0.717) is 23.0 Å². The number of benzene rings is 1. The monoisotopic (exact) mass is 615 g/mol. The van der Waals surface area contributed by atoms with Gasteiger partial charge in [0.2, 0.25) is 5.91 Å². The van der Waals surface area contributed by atoms with Gasteiger partial charge in [-0.15, -0.1) is 0 Å². The maximum atomic E-state index is 13.5. The summed E-state index contributed by atoms with van der Waals surface area (Å²) in [4.78, 5) is 34.5. The second kappa shape index (κ2) is 14.9. The molecule has 0 spiro atoms. The van der Waals surface area contributed by atoms with Gasteiger partial charge in [-0.1, -0.05) is 0 Å². The lowest BCUT2D eigenvalue weighted by Crippen LogP contribution is -2.32. The average molecular weight is 616 g/mol. The molecular weight excluding hydrogens is 577 g/mol. The van der Waals surface area contributed by atoms with Crippen molar-refractivity contribution in [1.29, 1.82) is 0 Å². The third-order valence-corrected chi connectivity index (χ3v) is 7.69. The highest BCUT2D eigenvalue weighted by Crippen LogP contribution is 2.29. The highest BCUT2D eigenvalue weighted by Gasteiger charge is 2.26. The van der Waals surface area contributed by atoms with Crippen LogP contribution in [0.1, 0.15) is 42.8 Å². The van der Waals surface area contributed by atoms with Gasteiger partial charge < -0.3 is 25.4 Å². The molecule has 3 N–H and O–H groups in total. The van der Waals surface area contributed by atoms with Gasteiger partial charge in [0.1, 0.15) is 17.5 Å². The van der Waals surface area contributed by atoms with Gasteiger partial charge >= 0.3 is 6.03 Å². The number of pyridine rings is 2. The van der Waals surface area contributed by atoms with Gasteiger partial charge in [0.05, 0.1) is 30.7 Å². The molecule has 236 valence electrons. The number of carbonyl (C=O) groups is 2. The molecule has 0 radical (unpaired) electrons. The molecule has 12 heteroatoms. The van der Waals surface area contributed by atoms with E-state index in [0.717, 1.165) is 48.2 Å². The van der Waals surface area contributed by atoms with Crippen LogP contribution in [0.5, 0.6) is 0 Å². The first-order valence-electron chi connectivity index (χ1n) is 15.0. The van der Waals surface area contributed by atoms with E-state index in [-0.39, 0.29) is 49.5 Å². The molecule has 0 saturated heterocycles. The first-order valence-corrected chi connectivity index (χ1v) is 15.0. The van der Waals surface area contributed by atoms with Crippen molar-refractivity contribution in [3.05, 3.63) is 83.7 Å². The van der Waals surface area contributed by atoms with Gasteiger partial charge in [-0.05, 0) is 105 Å². The first kappa shape index (κ1) is 31.7. The van der Waals surface area contributed by atoms with Gasteiger partial charge in [-0.3, -0.25) is 4.79 Å². The van der Waals surface area contributed by atoms with Crippen LogP contribution in [0.15, 0.2) is 60.8 Å². The van der Waals surface area contributed by atoms with Crippen molar-refractivity contribution in [3.8, 4) is 11.1 Å². The number of rotatable bonds is 11. The van der Waals surface area contributed by atoms with Crippen LogP contribution in [0, 0.1) is 25.6 Å². The van der Waals surface area contributed by atoms with Crippen molar-refractivity contribution in [3.63, 3.8) is 0 Å². The molecule has 4 aromatic rings. The summed E-state index contributed by atoms with van der Waals surface area (Å²) in [7, 11) is 1.71. The van der Waals surface area contributed by atoms with E-state index in [4.69, 9.17) is 9.47 Å². The van der Waals surface area contributed by atoms with Gasteiger partial charge in [0.25, 0.3) is 0 Å². The lowest BCUT2D eigenvalue weighted by Gasteiger charge is -2.26. The zero-order valence-electron chi connectivity index (χ0n) is 25.7. The van der Waals surface area contributed by atoms with E-state index in [2.05, 4.69) is 31.0 Å². The summed E-state index contributed by atoms with van der Waals surface area (Å²) in [6.45, 7) is 4.38.